The molecule has 102 valence electrons. The molecule has 1 atom stereocenters. The van der Waals surface area contributed by atoms with Gasteiger partial charge in [-0.2, -0.15) is 0 Å². The molecule has 4 rings (SSSR count). The summed E-state index contributed by atoms with van der Waals surface area (Å²) in [6.07, 6.45) is 3.11. The zero-order chi connectivity index (χ0) is 13.2. The van der Waals surface area contributed by atoms with Gasteiger partial charge in [0.15, 0.2) is 0 Å². The Balaban J connectivity index is 1.85. The molecule has 1 aromatic rings. The standard InChI is InChI=1S/C15H20N2O2/c1-19-14-5-3-2-4-12(14)10-13-15(16-18)11-6-8-17(13)9-7-11/h2-5,11,13,18H,6-10H2,1H3. The number of hydrogen-bond acceptors (Lipinski definition) is 4. The number of ether oxygens (including phenoxy) is 1. The predicted molar refractivity (Wildman–Crippen MR) is 74.0 cm³/mol. The van der Waals surface area contributed by atoms with Crippen LogP contribution in [0.15, 0.2) is 29.4 Å². The summed E-state index contributed by atoms with van der Waals surface area (Å²) in [5.41, 5.74) is 2.15. The minimum atomic E-state index is 0.230. The van der Waals surface area contributed by atoms with Crippen molar-refractivity contribution in [2.24, 2.45) is 11.1 Å². The van der Waals surface area contributed by atoms with Crippen LogP contribution in [0.3, 0.4) is 0 Å². The van der Waals surface area contributed by atoms with Crippen molar-refractivity contribution >= 4 is 5.71 Å². The van der Waals surface area contributed by atoms with Crippen molar-refractivity contribution in [3.63, 3.8) is 0 Å². The van der Waals surface area contributed by atoms with Crippen molar-refractivity contribution in [3.8, 4) is 5.75 Å². The van der Waals surface area contributed by atoms with Crippen LogP contribution in [0, 0.1) is 5.92 Å². The Bertz CT molecular complexity index is 479. The van der Waals surface area contributed by atoms with E-state index in [2.05, 4.69) is 16.1 Å². The lowest BCUT2D eigenvalue weighted by Crippen LogP contribution is -2.56. The van der Waals surface area contributed by atoms with E-state index < -0.39 is 0 Å². The van der Waals surface area contributed by atoms with E-state index in [1.54, 1.807) is 7.11 Å². The third kappa shape index (κ3) is 2.21. The van der Waals surface area contributed by atoms with Crippen molar-refractivity contribution < 1.29 is 9.94 Å². The third-order valence-electron chi connectivity index (χ3n) is 4.45. The van der Waals surface area contributed by atoms with Gasteiger partial charge < -0.3 is 9.94 Å². The number of fused-ring (bicyclic) bond motifs is 3. The highest BCUT2D eigenvalue weighted by Crippen LogP contribution is 2.33. The first-order valence-electron chi connectivity index (χ1n) is 6.91. The quantitative estimate of drug-likeness (QED) is 0.669. The minimum absolute atomic E-state index is 0.230. The molecule has 19 heavy (non-hydrogen) atoms. The fourth-order valence-corrected chi connectivity index (χ4v) is 3.43. The zero-order valence-electron chi connectivity index (χ0n) is 11.2. The van der Waals surface area contributed by atoms with Gasteiger partial charge >= 0.3 is 0 Å². The SMILES string of the molecule is COc1ccccc1CC1C(=NO)C2CCN1CC2. The van der Waals surface area contributed by atoms with Gasteiger partial charge in [0.05, 0.1) is 18.9 Å². The number of nitrogens with zero attached hydrogens (tertiary/aromatic N) is 2. The fraction of sp³-hybridized carbons (Fsp3) is 0.533. The highest BCUT2D eigenvalue weighted by Gasteiger charge is 2.39. The Kier molecular flexibility index (Phi) is 3.42. The molecule has 3 aliphatic rings. The van der Waals surface area contributed by atoms with E-state index in [0.29, 0.717) is 5.92 Å². The molecule has 4 heteroatoms. The van der Waals surface area contributed by atoms with Crippen LogP contribution in [0.4, 0.5) is 0 Å². The summed E-state index contributed by atoms with van der Waals surface area (Å²) in [6, 6.07) is 8.33. The molecule has 0 radical (unpaired) electrons. The van der Waals surface area contributed by atoms with Gasteiger partial charge in [-0.15, -0.1) is 0 Å². The molecule has 1 aromatic carbocycles. The van der Waals surface area contributed by atoms with Gasteiger partial charge in [0.1, 0.15) is 5.75 Å². The second-order valence-corrected chi connectivity index (χ2v) is 5.37. The number of methoxy groups -OCH3 is 1. The molecule has 0 amide bonds. The first-order valence-corrected chi connectivity index (χ1v) is 6.91. The van der Waals surface area contributed by atoms with Gasteiger partial charge in [-0.25, -0.2) is 0 Å². The molecule has 3 heterocycles. The zero-order valence-corrected chi connectivity index (χ0v) is 11.2. The molecule has 3 saturated heterocycles. The van der Waals surface area contributed by atoms with Gasteiger partial charge in [0.25, 0.3) is 0 Å². The second-order valence-electron chi connectivity index (χ2n) is 5.37. The van der Waals surface area contributed by atoms with Gasteiger partial charge in [-0.05, 0) is 44.0 Å². The summed E-state index contributed by atoms with van der Waals surface area (Å²) in [7, 11) is 1.70. The largest absolute Gasteiger partial charge is 0.496 e. The first kappa shape index (κ1) is 12.5. The number of para-hydroxylation sites is 1. The van der Waals surface area contributed by atoms with Crippen LogP contribution in [-0.2, 0) is 6.42 Å². The Labute approximate surface area is 113 Å². The summed E-state index contributed by atoms with van der Waals surface area (Å²) in [5.74, 6) is 1.39. The minimum Gasteiger partial charge on any atom is -0.496 e. The molecule has 0 spiro atoms. The Morgan fingerprint density at radius 2 is 2.05 bits per heavy atom. The molecular weight excluding hydrogens is 240 g/mol. The highest BCUT2D eigenvalue weighted by molar-refractivity contribution is 5.93. The van der Waals surface area contributed by atoms with Crippen LogP contribution in [-0.4, -0.2) is 42.1 Å². The van der Waals surface area contributed by atoms with Crippen LogP contribution in [0.5, 0.6) is 5.75 Å². The van der Waals surface area contributed by atoms with Crippen molar-refractivity contribution in [3.05, 3.63) is 29.8 Å². The topological polar surface area (TPSA) is 45.1 Å². The van der Waals surface area contributed by atoms with E-state index in [4.69, 9.17) is 4.74 Å². The summed E-state index contributed by atoms with van der Waals surface area (Å²) in [6.45, 7) is 2.23. The van der Waals surface area contributed by atoms with Crippen LogP contribution in [0.25, 0.3) is 0 Å². The van der Waals surface area contributed by atoms with Crippen molar-refractivity contribution in [2.75, 3.05) is 20.2 Å². The van der Waals surface area contributed by atoms with Crippen molar-refractivity contribution in [2.45, 2.75) is 25.3 Å². The van der Waals surface area contributed by atoms with Crippen LogP contribution in [0.2, 0.25) is 0 Å². The lowest BCUT2D eigenvalue weighted by molar-refractivity contribution is 0.137. The molecule has 1 unspecified atom stereocenters. The molecule has 0 aliphatic carbocycles. The highest BCUT2D eigenvalue weighted by atomic mass is 16.5. The van der Waals surface area contributed by atoms with Crippen LogP contribution < -0.4 is 4.74 Å². The van der Waals surface area contributed by atoms with E-state index in [1.807, 2.05) is 18.2 Å². The Hall–Kier alpha value is -1.55. The maximum Gasteiger partial charge on any atom is 0.122 e. The number of oxime groups is 1. The smallest absolute Gasteiger partial charge is 0.122 e. The Morgan fingerprint density at radius 1 is 1.32 bits per heavy atom. The third-order valence-corrected chi connectivity index (χ3v) is 4.45. The van der Waals surface area contributed by atoms with E-state index in [-0.39, 0.29) is 6.04 Å². The average molecular weight is 260 g/mol. The van der Waals surface area contributed by atoms with Gasteiger partial charge in [0, 0.05) is 5.92 Å². The summed E-state index contributed by atoms with van der Waals surface area (Å²) in [4.78, 5) is 2.43. The molecule has 4 nitrogen and oxygen atoms in total. The monoisotopic (exact) mass is 260 g/mol. The molecule has 0 aromatic heterocycles. The summed E-state index contributed by atoms with van der Waals surface area (Å²) >= 11 is 0. The Morgan fingerprint density at radius 3 is 2.74 bits per heavy atom. The fourth-order valence-electron chi connectivity index (χ4n) is 3.43. The average Bonchev–Trinajstić information content (AvgIpc) is 2.49. The normalized spacial score (nSPS) is 31.6. The van der Waals surface area contributed by atoms with Gasteiger partial charge in [0.2, 0.25) is 0 Å². The summed E-state index contributed by atoms with van der Waals surface area (Å²) < 4.78 is 5.41. The molecule has 0 saturated carbocycles. The van der Waals surface area contributed by atoms with E-state index in [0.717, 1.165) is 43.8 Å². The molecule has 3 aliphatic heterocycles. The van der Waals surface area contributed by atoms with E-state index >= 15 is 0 Å². The van der Waals surface area contributed by atoms with E-state index in [1.165, 1.54) is 5.56 Å². The number of piperidine rings is 3. The van der Waals surface area contributed by atoms with Crippen LogP contribution in [0.1, 0.15) is 18.4 Å². The molecule has 2 bridgehead atoms. The lowest BCUT2D eigenvalue weighted by atomic mass is 9.79. The van der Waals surface area contributed by atoms with Crippen molar-refractivity contribution in [1.29, 1.82) is 0 Å². The maximum atomic E-state index is 9.32. The predicted octanol–water partition coefficient (Wildman–Crippen LogP) is 2.16. The van der Waals surface area contributed by atoms with E-state index in [9.17, 15) is 5.21 Å². The molecule has 3 fully saturated rings. The van der Waals surface area contributed by atoms with Gasteiger partial charge in [-0.3, -0.25) is 4.90 Å². The number of hydrogen-bond donors (Lipinski definition) is 1. The molecule has 1 N–H and O–H groups in total. The van der Waals surface area contributed by atoms with Gasteiger partial charge in [-0.1, -0.05) is 23.4 Å². The summed E-state index contributed by atoms with van der Waals surface area (Å²) in [5, 5.41) is 12.9. The lowest BCUT2D eigenvalue weighted by Gasteiger charge is -2.45. The molecular formula is C15H20N2O2. The number of rotatable bonds is 3. The number of benzene rings is 1. The van der Waals surface area contributed by atoms with Crippen LogP contribution >= 0.6 is 0 Å². The first-order chi connectivity index (χ1) is 9.33. The van der Waals surface area contributed by atoms with Crippen molar-refractivity contribution in [1.82, 2.24) is 4.90 Å². The maximum absolute atomic E-state index is 9.32. The second kappa shape index (κ2) is 5.21.